The van der Waals surface area contributed by atoms with Gasteiger partial charge in [0.2, 0.25) is 0 Å². The molecule has 0 aromatic carbocycles. The third kappa shape index (κ3) is 4.09. The number of aromatic nitrogens is 2. The molecule has 1 heterocycles. The fourth-order valence-electron chi connectivity index (χ4n) is 0.834. The monoisotopic (exact) mass is 216 g/mol. The van der Waals surface area contributed by atoms with Gasteiger partial charge in [0.05, 0.1) is 12.7 Å². The zero-order chi connectivity index (χ0) is 7.23. The number of nitrogens with zero attached hydrogens (tertiary/aromatic N) is 2. The van der Waals surface area contributed by atoms with Crippen LogP contribution >= 0.6 is 0 Å². The third-order valence-electron chi connectivity index (χ3n) is 1.43. The van der Waals surface area contributed by atoms with Crippen LogP contribution in [-0.2, 0) is 6.54 Å². The lowest BCUT2D eigenvalue weighted by atomic mass is 10.3. The summed E-state index contributed by atoms with van der Waals surface area (Å²) < 4.78 is 2.10. The number of aryl methyl sites for hydroxylation is 1. The molecule has 0 aliphatic carbocycles. The molecule has 62 valence electrons. The Kier molecular flexibility index (Phi) is 6.03. The molecule has 0 saturated heterocycles. The first-order valence-corrected chi connectivity index (χ1v) is 3.72. The van der Waals surface area contributed by atoms with Crippen LogP contribution in [0.2, 0.25) is 0 Å². The third-order valence-corrected chi connectivity index (χ3v) is 1.43. The Morgan fingerprint density at radius 1 is 1.45 bits per heavy atom. The van der Waals surface area contributed by atoms with Crippen LogP contribution in [-0.4, -0.2) is 4.98 Å². The van der Waals surface area contributed by atoms with Gasteiger partial charge in [-0.15, -0.1) is 0 Å². The second kappa shape index (κ2) is 6.28. The molecule has 0 unspecified atom stereocenters. The van der Waals surface area contributed by atoms with Crippen molar-refractivity contribution in [2.75, 3.05) is 0 Å². The molecule has 0 N–H and O–H groups in total. The van der Waals surface area contributed by atoms with E-state index < -0.39 is 0 Å². The van der Waals surface area contributed by atoms with Crippen molar-refractivity contribution < 1.29 is 21.5 Å². The largest absolute Gasteiger partial charge is 1.00 e. The van der Waals surface area contributed by atoms with Gasteiger partial charge in [0.25, 0.3) is 6.33 Å². The van der Waals surface area contributed by atoms with E-state index in [9.17, 15) is 0 Å². The topological polar surface area (TPSA) is 16.8 Å². The summed E-state index contributed by atoms with van der Waals surface area (Å²) in [5.41, 5.74) is 0. The zero-order valence-electron chi connectivity index (χ0n) is 6.70. The number of hydrogen-bond acceptors (Lipinski definition) is 1. The maximum Gasteiger partial charge on any atom is 0.286 e. The van der Waals surface area contributed by atoms with E-state index in [0.29, 0.717) is 0 Å². The van der Waals surface area contributed by atoms with E-state index in [1.165, 1.54) is 12.8 Å². The first-order valence-electron chi connectivity index (χ1n) is 3.72. The van der Waals surface area contributed by atoms with Crippen molar-refractivity contribution in [1.82, 2.24) is 4.98 Å². The second-order valence-electron chi connectivity index (χ2n) is 2.35. The first kappa shape index (κ1) is 10.6. The first-order chi connectivity index (χ1) is 4.93. The van der Waals surface area contributed by atoms with Crippen molar-refractivity contribution in [2.24, 2.45) is 0 Å². The van der Waals surface area contributed by atoms with Gasteiger partial charge in [-0.25, -0.2) is 4.57 Å². The molecule has 0 saturated carbocycles. The van der Waals surface area contributed by atoms with Gasteiger partial charge in [0.15, 0.2) is 0 Å². The van der Waals surface area contributed by atoms with Crippen LogP contribution in [0, 0.1) is 0 Å². The fraction of sp³-hybridized carbons (Fsp3) is 0.500. The van der Waals surface area contributed by atoms with Crippen molar-refractivity contribution in [2.45, 2.75) is 26.3 Å². The molecule has 0 aliphatic rings. The quantitative estimate of drug-likeness (QED) is 0.544. The van der Waals surface area contributed by atoms with Gasteiger partial charge in [-0.05, 0) is 6.42 Å². The van der Waals surface area contributed by atoms with Crippen LogP contribution in [0.1, 0.15) is 19.8 Å². The Morgan fingerprint density at radius 2 is 2.27 bits per heavy atom. The van der Waals surface area contributed by atoms with Crippen molar-refractivity contribution in [3.63, 3.8) is 0 Å². The van der Waals surface area contributed by atoms with E-state index in [1.807, 2.05) is 18.6 Å². The molecule has 11 heavy (non-hydrogen) atoms. The minimum absolute atomic E-state index is 0. The van der Waals surface area contributed by atoms with Crippen LogP contribution in [0.5, 0.6) is 0 Å². The molecule has 3 heteroatoms. The Balaban J connectivity index is 0.000001000. The van der Waals surface area contributed by atoms with Gasteiger partial charge >= 0.3 is 0 Å². The normalized spacial score (nSPS) is 8.82. The molecule has 0 radical (unpaired) electrons. The Hall–Kier alpha value is -0.440. The maximum atomic E-state index is 4.00. The Morgan fingerprint density at radius 3 is 2.82 bits per heavy atom. The predicted molar refractivity (Wildman–Crippen MR) is 39.3 cm³/mol. The standard InChI is InChI=1S/C8H13N2.BrH/c1-2-3-6-10-7-4-5-9-8-10;/h4-5,7-8H,2-3,6H2,1H3;1H/q+1;/p-1. The van der Waals surface area contributed by atoms with Gasteiger partial charge in [-0.1, -0.05) is 18.3 Å². The van der Waals surface area contributed by atoms with Crippen LogP contribution < -0.4 is 21.5 Å². The van der Waals surface area contributed by atoms with Crippen molar-refractivity contribution >= 4 is 0 Å². The Bertz CT molecular complexity index is 177. The molecule has 0 amide bonds. The fourth-order valence-corrected chi connectivity index (χ4v) is 0.834. The van der Waals surface area contributed by atoms with Gasteiger partial charge in [-0.3, -0.25) is 0 Å². The van der Waals surface area contributed by atoms with E-state index in [1.54, 1.807) is 6.20 Å². The summed E-state index contributed by atoms with van der Waals surface area (Å²) in [6.07, 6.45) is 8.17. The summed E-state index contributed by atoms with van der Waals surface area (Å²) in [7, 11) is 0. The highest BCUT2D eigenvalue weighted by Crippen LogP contribution is 1.84. The van der Waals surface area contributed by atoms with Crippen molar-refractivity contribution in [1.29, 1.82) is 0 Å². The second-order valence-corrected chi connectivity index (χ2v) is 2.35. The molecule has 0 spiro atoms. The summed E-state index contributed by atoms with van der Waals surface area (Å²) in [4.78, 5) is 4.00. The lowest BCUT2D eigenvalue weighted by molar-refractivity contribution is -0.700. The highest BCUT2D eigenvalue weighted by atomic mass is 79.9. The molecule has 2 nitrogen and oxygen atoms in total. The summed E-state index contributed by atoms with van der Waals surface area (Å²) in [5, 5.41) is 0. The SMILES string of the molecule is CCCC[n+]1cccnc1.[Br-]. The Labute approximate surface area is 78.1 Å². The molecule has 1 aromatic heterocycles. The summed E-state index contributed by atoms with van der Waals surface area (Å²) in [6.45, 7) is 3.28. The highest BCUT2D eigenvalue weighted by molar-refractivity contribution is 4.68. The average molecular weight is 217 g/mol. The molecular weight excluding hydrogens is 204 g/mol. The van der Waals surface area contributed by atoms with Gasteiger partial charge in [0.1, 0.15) is 6.20 Å². The molecule has 1 rings (SSSR count). The number of hydrogen-bond donors (Lipinski definition) is 0. The van der Waals surface area contributed by atoms with E-state index in [4.69, 9.17) is 0 Å². The lowest BCUT2D eigenvalue weighted by Crippen LogP contribution is -3.00. The van der Waals surface area contributed by atoms with E-state index in [2.05, 4.69) is 16.5 Å². The number of unbranched alkanes of at least 4 members (excludes halogenated alkanes) is 1. The predicted octanol–water partition coefficient (Wildman–Crippen LogP) is -1.83. The molecule has 1 aromatic rings. The van der Waals surface area contributed by atoms with Crippen LogP contribution in [0.3, 0.4) is 0 Å². The summed E-state index contributed by atoms with van der Waals surface area (Å²) in [5.74, 6) is 0. The van der Waals surface area contributed by atoms with E-state index in [0.717, 1.165) is 6.54 Å². The van der Waals surface area contributed by atoms with Gasteiger partial charge < -0.3 is 17.0 Å². The van der Waals surface area contributed by atoms with Crippen LogP contribution in [0.4, 0.5) is 0 Å². The van der Waals surface area contributed by atoms with Crippen LogP contribution in [0.15, 0.2) is 24.8 Å². The minimum Gasteiger partial charge on any atom is -1.00 e. The average Bonchev–Trinajstić information content (AvgIpc) is 2.03. The summed E-state index contributed by atoms with van der Waals surface area (Å²) in [6, 6.07) is 1.95. The molecule has 0 atom stereocenters. The smallest absolute Gasteiger partial charge is 0.286 e. The van der Waals surface area contributed by atoms with E-state index in [-0.39, 0.29) is 17.0 Å². The minimum atomic E-state index is 0. The lowest BCUT2D eigenvalue weighted by Gasteiger charge is -1.93. The van der Waals surface area contributed by atoms with Crippen LogP contribution in [0.25, 0.3) is 0 Å². The summed E-state index contributed by atoms with van der Waals surface area (Å²) >= 11 is 0. The van der Waals surface area contributed by atoms with Crippen molar-refractivity contribution in [3.05, 3.63) is 24.8 Å². The molecular formula is C8H13BrN2. The maximum absolute atomic E-state index is 4.00. The molecule has 0 bridgehead atoms. The van der Waals surface area contributed by atoms with Crippen molar-refractivity contribution in [3.8, 4) is 0 Å². The molecule has 0 fully saturated rings. The number of rotatable bonds is 3. The number of halogens is 1. The highest BCUT2D eigenvalue weighted by Gasteiger charge is 1.92. The molecule has 0 aliphatic heterocycles. The van der Waals surface area contributed by atoms with E-state index >= 15 is 0 Å². The zero-order valence-corrected chi connectivity index (χ0v) is 8.29. The van der Waals surface area contributed by atoms with Gasteiger partial charge in [0, 0.05) is 6.07 Å². The van der Waals surface area contributed by atoms with Gasteiger partial charge in [-0.2, -0.15) is 0 Å².